The van der Waals surface area contributed by atoms with E-state index in [-0.39, 0.29) is 5.41 Å². The van der Waals surface area contributed by atoms with E-state index in [1.54, 1.807) is 0 Å². The van der Waals surface area contributed by atoms with Gasteiger partial charge in [-0.25, -0.2) is 9.13 Å². The van der Waals surface area contributed by atoms with Gasteiger partial charge in [-0.05, 0) is 45.2 Å². The topological polar surface area (TPSA) is 8.81 Å². The van der Waals surface area contributed by atoms with E-state index >= 15 is 0 Å². The number of aryl methyl sites for hydroxylation is 4. The van der Waals surface area contributed by atoms with E-state index in [4.69, 9.17) is 0 Å². The third-order valence-electron chi connectivity index (χ3n) is 5.28. The van der Waals surface area contributed by atoms with Crippen molar-refractivity contribution in [2.24, 2.45) is 7.05 Å². The Hall–Kier alpha value is -2.35. The molecule has 0 aliphatic rings. The van der Waals surface area contributed by atoms with Gasteiger partial charge < -0.3 is 0 Å². The van der Waals surface area contributed by atoms with Crippen molar-refractivity contribution in [2.75, 3.05) is 0 Å². The molecule has 3 aromatic rings. The standard InChI is InChI=1S/C23H29N2/c1-6-25-16-15-24(5)22(25)23(4,21-13-9-19(3)10-14-21)17-20-11-7-18(2)8-12-20/h7-16H,6,17H2,1-5H3/q+1. The minimum Gasteiger partial charge on any atom is -0.236 e. The van der Waals surface area contributed by atoms with Gasteiger partial charge in [0.15, 0.2) is 0 Å². The summed E-state index contributed by atoms with van der Waals surface area (Å²) >= 11 is 0. The summed E-state index contributed by atoms with van der Waals surface area (Å²) in [4.78, 5) is 0. The van der Waals surface area contributed by atoms with Gasteiger partial charge in [0.25, 0.3) is 5.82 Å². The first kappa shape index (κ1) is 17.5. The van der Waals surface area contributed by atoms with Crippen LogP contribution in [0.2, 0.25) is 0 Å². The second-order valence-electron chi connectivity index (χ2n) is 7.38. The summed E-state index contributed by atoms with van der Waals surface area (Å²) in [6.07, 6.45) is 5.34. The van der Waals surface area contributed by atoms with Crippen molar-refractivity contribution >= 4 is 0 Å². The molecule has 0 saturated carbocycles. The van der Waals surface area contributed by atoms with Crippen LogP contribution in [0.5, 0.6) is 0 Å². The summed E-state index contributed by atoms with van der Waals surface area (Å²) in [5.41, 5.74) is 5.26. The predicted octanol–water partition coefficient (Wildman–Crippen LogP) is 4.50. The summed E-state index contributed by atoms with van der Waals surface area (Å²) in [5.74, 6) is 1.35. The smallest absolute Gasteiger partial charge is 0.236 e. The second-order valence-corrected chi connectivity index (χ2v) is 7.38. The van der Waals surface area contributed by atoms with E-state index in [9.17, 15) is 0 Å². The second kappa shape index (κ2) is 6.87. The third kappa shape index (κ3) is 3.39. The van der Waals surface area contributed by atoms with Gasteiger partial charge in [-0.1, -0.05) is 59.7 Å². The number of nitrogens with zero attached hydrogens (tertiary/aromatic N) is 2. The molecule has 1 atom stereocenters. The normalized spacial score (nSPS) is 13.6. The van der Waals surface area contributed by atoms with Crippen LogP contribution in [0.15, 0.2) is 60.9 Å². The molecule has 2 aromatic carbocycles. The van der Waals surface area contributed by atoms with Crippen LogP contribution in [0.1, 0.15) is 41.9 Å². The minimum absolute atomic E-state index is 0.0861. The maximum Gasteiger partial charge on any atom is 0.267 e. The third-order valence-corrected chi connectivity index (χ3v) is 5.28. The van der Waals surface area contributed by atoms with Crippen molar-refractivity contribution in [3.63, 3.8) is 0 Å². The van der Waals surface area contributed by atoms with Crippen LogP contribution in [0.3, 0.4) is 0 Å². The fourth-order valence-corrected chi connectivity index (χ4v) is 3.83. The van der Waals surface area contributed by atoms with E-state index in [1.165, 1.54) is 28.1 Å². The van der Waals surface area contributed by atoms with Crippen LogP contribution in [0.25, 0.3) is 0 Å². The average molecular weight is 333 g/mol. The molecule has 25 heavy (non-hydrogen) atoms. The molecule has 1 unspecified atom stereocenters. The van der Waals surface area contributed by atoms with Gasteiger partial charge >= 0.3 is 0 Å². The number of imidazole rings is 1. The fraction of sp³-hybridized carbons (Fsp3) is 0.348. The Balaban J connectivity index is 2.15. The van der Waals surface area contributed by atoms with Crippen LogP contribution >= 0.6 is 0 Å². The van der Waals surface area contributed by atoms with Crippen molar-refractivity contribution in [1.29, 1.82) is 0 Å². The molecule has 0 fully saturated rings. The maximum absolute atomic E-state index is 2.37. The number of benzene rings is 2. The van der Waals surface area contributed by atoms with Gasteiger partial charge in [-0.3, -0.25) is 0 Å². The fourth-order valence-electron chi connectivity index (χ4n) is 3.83. The van der Waals surface area contributed by atoms with Crippen molar-refractivity contribution < 1.29 is 4.57 Å². The van der Waals surface area contributed by atoms with E-state index in [1.807, 2.05) is 0 Å². The molecule has 130 valence electrons. The lowest BCUT2D eigenvalue weighted by atomic mass is 9.76. The average Bonchev–Trinajstić information content (AvgIpc) is 2.99. The Labute approximate surface area is 151 Å². The number of hydrogen-bond acceptors (Lipinski definition) is 0. The van der Waals surface area contributed by atoms with Crippen LogP contribution in [0, 0.1) is 13.8 Å². The monoisotopic (exact) mass is 333 g/mol. The van der Waals surface area contributed by atoms with Gasteiger partial charge in [-0.2, -0.15) is 0 Å². The zero-order valence-corrected chi connectivity index (χ0v) is 16.1. The number of hydrogen-bond donors (Lipinski definition) is 0. The van der Waals surface area contributed by atoms with Gasteiger partial charge in [0.2, 0.25) is 0 Å². The first-order valence-electron chi connectivity index (χ1n) is 9.12. The van der Waals surface area contributed by atoms with Crippen LogP contribution in [0.4, 0.5) is 0 Å². The molecular weight excluding hydrogens is 304 g/mol. The SMILES string of the molecule is CCn1cc[n+](C)c1C(C)(Cc1ccc(C)cc1)c1ccc(C)cc1. The molecule has 0 amide bonds. The summed E-state index contributed by atoms with van der Waals surface area (Å²) in [7, 11) is 2.16. The lowest BCUT2D eigenvalue weighted by Gasteiger charge is -2.28. The van der Waals surface area contributed by atoms with E-state index in [2.05, 4.69) is 105 Å². The molecule has 0 N–H and O–H groups in total. The lowest BCUT2D eigenvalue weighted by Crippen LogP contribution is -2.44. The molecule has 0 saturated heterocycles. The Morgan fingerprint density at radius 1 is 0.920 bits per heavy atom. The molecule has 0 aliphatic heterocycles. The van der Waals surface area contributed by atoms with Gasteiger partial charge in [-0.15, -0.1) is 0 Å². The predicted molar refractivity (Wildman–Crippen MR) is 104 cm³/mol. The minimum atomic E-state index is -0.0861. The summed E-state index contributed by atoms with van der Waals surface area (Å²) in [5, 5.41) is 0. The molecule has 0 bridgehead atoms. The van der Waals surface area contributed by atoms with Crippen molar-refractivity contribution in [1.82, 2.24) is 4.57 Å². The highest BCUT2D eigenvalue weighted by Crippen LogP contribution is 2.34. The molecule has 0 radical (unpaired) electrons. The number of rotatable bonds is 5. The van der Waals surface area contributed by atoms with Gasteiger partial charge in [0.1, 0.15) is 12.4 Å². The molecule has 0 aliphatic carbocycles. The van der Waals surface area contributed by atoms with Crippen LogP contribution in [-0.2, 0) is 25.4 Å². The summed E-state index contributed by atoms with van der Waals surface area (Å²) in [6, 6.07) is 18.0. The Bertz CT molecular complexity index is 841. The largest absolute Gasteiger partial charge is 0.267 e. The maximum atomic E-state index is 2.37. The van der Waals surface area contributed by atoms with Crippen LogP contribution in [-0.4, -0.2) is 4.57 Å². The first-order valence-corrected chi connectivity index (χ1v) is 9.12. The Morgan fingerprint density at radius 2 is 1.48 bits per heavy atom. The van der Waals surface area contributed by atoms with E-state index in [0.717, 1.165) is 13.0 Å². The zero-order chi connectivity index (χ0) is 18.0. The lowest BCUT2D eigenvalue weighted by molar-refractivity contribution is -0.682. The first-order chi connectivity index (χ1) is 11.9. The van der Waals surface area contributed by atoms with E-state index in [0.29, 0.717) is 0 Å². The molecule has 3 rings (SSSR count). The molecule has 1 aromatic heterocycles. The molecule has 1 heterocycles. The highest BCUT2D eigenvalue weighted by Gasteiger charge is 2.39. The molecule has 0 spiro atoms. The highest BCUT2D eigenvalue weighted by atomic mass is 15.1. The number of aromatic nitrogens is 2. The molecular formula is C23H29N2+. The summed E-state index contributed by atoms with van der Waals surface area (Å²) < 4.78 is 4.64. The van der Waals surface area contributed by atoms with E-state index < -0.39 is 0 Å². The van der Waals surface area contributed by atoms with Crippen molar-refractivity contribution in [3.05, 3.63) is 89.0 Å². The highest BCUT2D eigenvalue weighted by molar-refractivity contribution is 5.36. The zero-order valence-electron chi connectivity index (χ0n) is 16.1. The van der Waals surface area contributed by atoms with Crippen molar-refractivity contribution in [3.8, 4) is 0 Å². The Kier molecular flexibility index (Phi) is 4.80. The summed E-state index contributed by atoms with van der Waals surface area (Å²) in [6.45, 7) is 9.86. The van der Waals surface area contributed by atoms with Crippen molar-refractivity contribution in [2.45, 2.75) is 46.1 Å². The van der Waals surface area contributed by atoms with Gasteiger partial charge in [0.05, 0.1) is 19.0 Å². The van der Waals surface area contributed by atoms with Gasteiger partial charge in [0, 0.05) is 0 Å². The molecule has 2 heteroatoms. The Morgan fingerprint density at radius 3 is 2.04 bits per heavy atom. The van der Waals surface area contributed by atoms with Crippen LogP contribution < -0.4 is 4.57 Å². The molecule has 2 nitrogen and oxygen atoms in total. The quantitative estimate of drug-likeness (QED) is 0.608.